The summed E-state index contributed by atoms with van der Waals surface area (Å²) in [6, 6.07) is 0.792. The van der Waals surface area contributed by atoms with Crippen LogP contribution in [0, 0.1) is 5.92 Å². The smallest absolute Gasteiger partial charge is 0.372 e. The third-order valence-electron chi connectivity index (χ3n) is 4.79. The summed E-state index contributed by atoms with van der Waals surface area (Å²) in [7, 11) is 2.61. The van der Waals surface area contributed by atoms with Gasteiger partial charge in [0.15, 0.2) is 0 Å². The van der Waals surface area contributed by atoms with Crippen molar-refractivity contribution in [1.29, 1.82) is 0 Å². The summed E-state index contributed by atoms with van der Waals surface area (Å²) in [5, 5.41) is -0.572. The van der Waals surface area contributed by atoms with Crippen LogP contribution in [0.25, 0.3) is 0 Å². The molecule has 19 heavy (non-hydrogen) atoms. The standard InChI is InChI=1S/C13H30N2O3Si/c1-6-12(15)13(16-3)11(10(2)14)8-7-9-19(13,17-4)18-5/h10-12H,6-9,14-15H2,1-5H3. The Morgan fingerprint density at radius 3 is 2.21 bits per heavy atom. The van der Waals surface area contributed by atoms with E-state index in [1.54, 1.807) is 21.3 Å². The highest BCUT2D eigenvalue weighted by atomic mass is 28.4. The van der Waals surface area contributed by atoms with E-state index in [4.69, 9.17) is 25.1 Å². The number of hydrogen-bond acceptors (Lipinski definition) is 5. The van der Waals surface area contributed by atoms with Crippen LogP contribution in [0.15, 0.2) is 0 Å². The summed E-state index contributed by atoms with van der Waals surface area (Å²) in [6.45, 7) is 4.10. The van der Waals surface area contributed by atoms with Crippen LogP contribution in [0.5, 0.6) is 0 Å². The zero-order chi connectivity index (χ0) is 14.7. The van der Waals surface area contributed by atoms with Gasteiger partial charge in [-0.25, -0.2) is 0 Å². The second-order valence-electron chi connectivity index (χ2n) is 5.53. The number of rotatable bonds is 6. The Balaban J connectivity index is 3.36. The molecule has 0 aromatic rings. The average Bonchev–Trinajstić information content (AvgIpc) is 2.44. The first kappa shape index (κ1) is 17.1. The quantitative estimate of drug-likeness (QED) is 0.717. The summed E-state index contributed by atoms with van der Waals surface area (Å²) < 4.78 is 17.8. The lowest BCUT2D eigenvalue weighted by atomic mass is 9.84. The maximum absolute atomic E-state index is 6.44. The lowest BCUT2D eigenvalue weighted by Gasteiger charge is -2.55. The Morgan fingerprint density at radius 2 is 1.84 bits per heavy atom. The maximum atomic E-state index is 6.44. The highest BCUT2D eigenvalue weighted by Crippen LogP contribution is 2.47. The van der Waals surface area contributed by atoms with Crippen LogP contribution in [-0.4, -0.2) is 47.2 Å². The van der Waals surface area contributed by atoms with E-state index < -0.39 is 13.8 Å². The molecule has 1 aliphatic heterocycles. The molecule has 4 unspecified atom stereocenters. The van der Waals surface area contributed by atoms with Crippen molar-refractivity contribution in [2.24, 2.45) is 17.4 Å². The fraction of sp³-hybridized carbons (Fsp3) is 1.00. The van der Waals surface area contributed by atoms with Gasteiger partial charge in [0.05, 0.1) is 0 Å². The van der Waals surface area contributed by atoms with E-state index >= 15 is 0 Å². The molecule has 5 nitrogen and oxygen atoms in total. The summed E-state index contributed by atoms with van der Waals surface area (Å²) in [5.74, 6) is 0.174. The molecule has 0 aromatic carbocycles. The summed E-state index contributed by atoms with van der Waals surface area (Å²) in [6.07, 6.45) is 2.89. The first-order valence-corrected chi connectivity index (χ1v) is 9.14. The van der Waals surface area contributed by atoms with Gasteiger partial charge in [-0.1, -0.05) is 13.3 Å². The molecule has 0 saturated carbocycles. The van der Waals surface area contributed by atoms with Crippen LogP contribution in [0.4, 0.5) is 0 Å². The van der Waals surface area contributed by atoms with Gasteiger partial charge in [-0.05, 0) is 25.8 Å². The number of methoxy groups -OCH3 is 1. The monoisotopic (exact) mass is 290 g/mol. The Labute approximate surface area is 118 Å². The van der Waals surface area contributed by atoms with Crippen molar-refractivity contribution < 1.29 is 13.6 Å². The molecular formula is C13H30N2O3Si. The number of nitrogens with two attached hydrogens (primary N) is 2. The van der Waals surface area contributed by atoms with Crippen LogP contribution >= 0.6 is 0 Å². The molecule has 1 fully saturated rings. The summed E-state index contributed by atoms with van der Waals surface area (Å²) in [5.41, 5.74) is 12.7. The molecule has 0 spiro atoms. The van der Waals surface area contributed by atoms with Gasteiger partial charge in [-0.2, -0.15) is 0 Å². The van der Waals surface area contributed by atoms with Gasteiger partial charge in [0.25, 0.3) is 0 Å². The second-order valence-corrected chi connectivity index (χ2v) is 9.13. The van der Waals surface area contributed by atoms with Gasteiger partial charge in [-0.3, -0.25) is 0 Å². The van der Waals surface area contributed by atoms with Gasteiger partial charge < -0.3 is 25.1 Å². The minimum atomic E-state index is -2.55. The normalized spacial score (nSPS) is 33.9. The first-order valence-electron chi connectivity index (χ1n) is 7.12. The van der Waals surface area contributed by atoms with Crippen LogP contribution in [0.3, 0.4) is 0 Å². The van der Waals surface area contributed by atoms with E-state index in [-0.39, 0.29) is 18.0 Å². The molecule has 0 amide bonds. The average molecular weight is 290 g/mol. The Hall–Kier alpha value is 0.0169. The van der Waals surface area contributed by atoms with Gasteiger partial charge >= 0.3 is 8.56 Å². The predicted molar refractivity (Wildman–Crippen MR) is 79.0 cm³/mol. The van der Waals surface area contributed by atoms with Crippen molar-refractivity contribution in [3.63, 3.8) is 0 Å². The lowest BCUT2D eigenvalue weighted by molar-refractivity contribution is -0.0704. The molecule has 0 bridgehead atoms. The summed E-state index contributed by atoms with van der Waals surface area (Å²) >= 11 is 0. The largest absolute Gasteiger partial charge is 0.396 e. The zero-order valence-electron chi connectivity index (χ0n) is 12.9. The van der Waals surface area contributed by atoms with Crippen molar-refractivity contribution in [2.75, 3.05) is 21.3 Å². The fourth-order valence-corrected chi connectivity index (χ4v) is 8.15. The van der Waals surface area contributed by atoms with E-state index in [2.05, 4.69) is 6.92 Å². The van der Waals surface area contributed by atoms with Crippen molar-refractivity contribution in [3.8, 4) is 0 Å². The molecule has 1 saturated heterocycles. The molecular weight excluding hydrogens is 260 g/mol. The highest BCUT2D eigenvalue weighted by molar-refractivity contribution is 6.71. The molecule has 0 aliphatic carbocycles. The van der Waals surface area contributed by atoms with E-state index in [0.717, 1.165) is 25.3 Å². The molecule has 1 aliphatic rings. The zero-order valence-corrected chi connectivity index (χ0v) is 13.9. The molecule has 4 atom stereocenters. The summed E-state index contributed by atoms with van der Waals surface area (Å²) in [4.78, 5) is 0. The minimum Gasteiger partial charge on any atom is -0.396 e. The first-order chi connectivity index (χ1) is 8.95. The third kappa shape index (κ3) is 2.50. The van der Waals surface area contributed by atoms with E-state index in [9.17, 15) is 0 Å². The van der Waals surface area contributed by atoms with E-state index in [1.165, 1.54) is 0 Å². The SMILES string of the molecule is CCC(N)C1(OC)C(C(C)N)CCC[Si]1(OC)OC. The van der Waals surface area contributed by atoms with Crippen molar-refractivity contribution in [1.82, 2.24) is 0 Å². The van der Waals surface area contributed by atoms with Gasteiger partial charge in [0.2, 0.25) is 0 Å². The van der Waals surface area contributed by atoms with Gasteiger partial charge in [-0.15, -0.1) is 0 Å². The van der Waals surface area contributed by atoms with Crippen LogP contribution in [-0.2, 0) is 13.6 Å². The predicted octanol–water partition coefficient (Wildman–Crippen LogP) is 1.14. The lowest BCUT2D eigenvalue weighted by Crippen LogP contribution is -2.77. The number of hydrogen-bond donors (Lipinski definition) is 2. The molecule has 4 N–H and O–H groups in total. The second kappa shape index (κ2) is 6.65. The molecule has 1 rings (SSSR count). The van der Waals surface area contributed by atoms with Crippen molar-refractivity contribution in [2.45, 2.75) is 56.5 Å². The molecule has 114 valence electrons. The maximum Gasteiger partial charge on any atom is 0.372 e. The Bertz CT molecular complexity index is 287. The van der Waals surface area contributed by atoms with Crippen LogP contribution in [0.2, 0.25) is 6.04 Å². The molecule has 0 radical (unpaired) electrons. The topological polar surface area (TPSA) is 79.7 Å². The number of ether oxygens (including phenoxy) is 1. The van der Waals surface area contributed by atoms with Crippen LogP contribution in [0.1, 0.15) is 33.1 Å². The molecule has 1 heterocycles. The van der Waals surface area contributed by atoms with Gasteiger partial charge in [0.1, 0.15) is 5.22 Å². The van der Waals surface area contributed by atoms with Crippen LogP contribution < -0.4 is 11.5 Å². The molecule has 0 aromatic heterocycles. The Kier molecular flexibility index (Phi) is 5.97. The van der Waals surface area contributed by atoms with Crippen molar-refractivity contribution >= 4 is 8.56 Å². The third-order valence-corrected chi connectivity index (χ3v) is 9.26. The minimum absolute atomic E-state index is 0.00928. The Morgan fingerprint density at radius 1 is 1.26 bits per heavy atom. The van der Waals surface area contributed by atoms with E-state index in [1.807, 2.05) is 6.92 Å². The van der Waals surface area contributed by atoms with Crippen molar-refractivity contribution in [3.05, 3.63) is 0 Å². The van der Waals surface area contributed by atoms with E-state index in [0.29, 0.717) is 0 Å². The fourth-order valence-electron chi connectivity index (χ4n) is 3.83. The molecule has 6 heteroatoms. The highest BCUT2D eigenvalue weighted by Gasteiger charge is 2.66. The van der Waals surface area contributed by atoms with Gasteiger partial charge in [0, 0.05) is 39.3 Å².